The highest BCUT2D eigenvalue weighted by Gasteiger charge is 2.19. The van der Waals surface area contributed by atoms with Crippen LogP contribution in [0.15, 0.2) is 131 Å². The number of benzene rings is 4. The van der Waals surface area contributed by atoms with E-state index in [1.165, 1.54) is 10.8 Å². The maximum atomic E-state index is 13.1. The lowest BCUT2D eigenvalue weighted by Crippen LogP contribution is -2.05. The number of aromatic nitrogens is 2. The summed E-state index contributed by atoms with van der Waals surface area (Å²) in [6, 6.07) is 38.3. The Bertz CT molecular complexity index is 1720. The summed E-state index contributed by atoms with van der Waals surface area (Å²) in [6.07, 6.45) is 0. The predicted octanol–water partition coefficient (Wildman–Crippen LogP) is 6.68. The monoisotopic (exact) mass is 460 g/mol. The second kappa shape index (κ2) is 7.97. The quantitative estimate of drug-likeness (QED) is 0.295. The number of nitrogens with zero attached hydrogens (tertiary/aromatic N) is 2. The number of pyridine rings is 1. The molecule has 4 aromatic carbocycles. The minimum atomic E-state index is -3.70. The van der Waals surface area contributed by atoms with Crippen molar-refractivity contribution < 1.29 is 8.42 Å². The van der Waals surface area contributed by atoms with E-state index in [9.17, 15) is 8.42 Å². The Morgan fingerprint density at radius 3 is 1.91 bits per heavy atom. The smallest absolute Gasteiger partial charge is 0.223 e. The molecule has 0 aliphatic heterocycles. The average molecular weight is 461 g/mol. The van der Waals surface area contributed by atoms with Crippen molar-refractivity contribution >= 4 is 31.6 Å². The summed E-state index contributed by atoms with van der Waals surface area (Å²) in [6.45, 7) is 0. The molecule has 2 aromatic heterocycles. The maximum absolute atomic E-state index is 13.1. The summed E-state index contributed by atoms with van der Waals surface area (Å²) in [4.78, 5) is 4.78. The second-order valence-electron chi connectivity index (χ2n) is 8.10. The van der Waals surface area contributed by atoms with Gasteiger partial charge in [0.25, 0.3) is 0 Å². The van der Waals surface area contributed by atoms with Crippen LogP contribution in [0.25, 0.3) is 38.8 Å². The third-order valence-corrected chi connectivity index (χ3v) is 7.70. The van der Waals surface area contributed by atoms with Crippen LogP contribution in [0, 0.1) is 0 Å². The molecule has 0 amide bonds. The summed E-state index contributed by atoms with van der Waals surface area (Å²) in [5.41, 5.74) is 4.69. The van der Waals surface area contributed by atoms with E-state index in [0.717, 1.165) is 22.3 Å². The zero-order chi connectivity index (χ0) is 23.1. The number of hydrogen-bond acceptors (Lipinski definition) is 3. The molecule has 0 radical (unpaired) electrons. The average Bonchev–Trinajstić information content (AvgIpc) is 3.24. The van der Waals surface area contributed by atoms with Crippen LogP contribution in [-0.2, 0) is 9.84 Å². The van der Waals surface area contributed by atoms with Gasteiger partial charge < -0.3 is 4.57 Å². The van der Waals surface area contributed by atoms with Crippen LogP contribution in [0.3, 0.4) is 0 Å². The zero-order valence-corrected chi connectivity index (χ0v) is 19.0. The van der Waals surface area contributed by atoms with E-state index < -0.39 is 9.84 Å². The first-order valence-corrected chi connectivity index (χ1v) is 12.5. The number of para-hydroxylation sites is 2. The van der Waals surface area contributed by atoms with Crippen molar-refractivity contribution in [2.24, 2.45) is 0 Å². The second-order valence-corrected chi connectivity index (χ2v) is 9.99. The molecule has 0 bridgehead atoms. The van der Waals surface area contributed by atoms with Gasteiger partial charge in [0.15, 0.2) is 5.03 Å². The first-order chi connectivity index (χ1) is 16.6. The lowest BCUT2D eigenvalue weighted by molar-refractivity contribution is 0.592. The van der Waals surface area contributed by atoms with Crippen LogP contribution in [0.4, 0.5) is 0 Å². The van der Waals surface area contributed by atoms with Crippen molar-refractivity contribution in [2.45, 2.75) is 9.92 Å². The molecule has 0 saturated carbocycles. The van der Waals surface area contributed by atoms with Crippen LogP contribution >= 0.6 is 0 Å². The van der Waals surface area contributed by atoms with Crippen LogP contribution in [0.5, 0.6) is 0 Å². The molecular formula is C29H20N2O2S. The van der Waals surface area contributed by atoms with Gasteiger partial charge in [0.1, 0.15) is 0 Å². The van der Waals surface area contributed by atoms with Gasteiger partial charge in [-0.25, -0.2) is 13.4 Å². The Balaban J connectivity index is 1.50. The van der Waals surface area contributed by atoms with E-state index in [4.69, 9.17) is 0 Å². The van der Waals surface area contributed by atoms with Crippen LogP contribution in [0.1, 0.15) is 0 Å². The highest BCUT2D eigenvalue weighted by molar-refractivity contribution is 7.91. The van der Waals surface area contributed by atoms with Crippen molar-refractivity contribution in [3.8, 4) is 16.9 Å². The van der Waals surface area contributed by atoms with E-state index in [1.54, 1.807) is 42.5 Å². The molecular weight excluding hydrogens is 440 g/mol. The lowest BCUT2D eigenvalue weighted by atomic mass is 10.1. The normalized spacial score (nSPS) is 11.8. The first kappa shape index (κ1) is 20.4. The zero-order valence-electron chi connectivity index (χ0n) is 18.2. The molecule has 0 atom stereocenters. The van der Waals surface area contributed by atoms with Crippen LogP contribution in [-0.4, -0.2) is 18.0 Å². The third kappa shape index (κ3) is 3.29. The van der Waals surface area contributed by atoms with Crippen molar-refractivity contribution in [1.82, 2.24) is 9.55 Å². The maximum Gasteiger partial charge on any atom is 0.223 e. The Hall–Kier alpha value is -4.22. The Morgan fingerprint density at radius 1 is 0.588 bits per heavy atom. The molecule has 6 aromatic rings. The van der Waals surface area contributed by atoms with Crippen LogP contribution < -0.4 is 0 Å². The highest BCUT2D eigenvalue weighted by Crippen LogP contribution is 2.33. The Kier molecular flexibility index (Phi) is 4.78. The molecule has 0 saturated heterocycles. The number of sulfone groups is 1. The fourth-order valence-electron chi connectivity index (χ4n) is 4.45. The molecule has 0 aliphatic carbocycles. The molecule has 0 spiro atoms. The topological polar surface area (TPSA) is 52.0 Å². The molecule has 0 unspecified atom stereocenters. The minimum absolute atomic E-state index is 0.0402. The molecule has 0 fully saturated rings. The molecule has 164 valence electrons. The molecule has 0 aliphatic rings. The number of hydrogen-bond donors (Lipinski definition) is 0. The largest absolute Gasteiger partial charge is 0.309 e. The highest BCUT2D eigenvalue weighted by atomic mass is 32.2. The van der Waals surface area contributed by atoms with Gasteiger partial charge in [-0.15, -0.1) is 0 Å². The Labute approximate surface area is 197 Å². The number of rotatable bonds is 4. The van der Waals surface area contributed by atoms with Crippen LogP contribution in [0.2, 0.25) is 0 Å². The molecule has 0 N–H and O–H groups in total. The summed E-state index contributed by atoms with van der Waals surface area (Å²) in [7, 11) is -3.70. The van der Waals surface area contributed by atoms with Gasteiger partial charge in [-0.2, -0.15) is 0 Å². The number of fused-ring (bicyclic) bond motifs is 3. The molecule has 6 rings (SSSR count). The van der Waals surface area contributed by atoms with E-state index in [0.29, 0.717) is 5.69 Å². The van der Waals surface area contributed by atoms with Crippen molar-refractivity contribution in [3.05, 3.63) is 121 Å². The standard InChI is InChI=1S/C29H20N2O2S/c32-34(33,23-12-2-1-3-13-23)29-19-9-16-26(30-29)21-10-8-11-22(20-21)31-27-17-6-4-14-24(27)25-15-5-7-18-28(25)31/h1-20H. The molecule has 34 heavy (non-hydrogen) atoms. The molecule has 4 nitrogen and oxygen atoms in total. The van der Waals surface area contributed by atoms with Gasteiger partial charge >= 0.3 is 0 Å². The fraction of sp³-hybridized carbons (Fsp3) is 0. The Morgan fingerprint density at radius 2 is 1.21 bits per heavy atom. The summed E-state index contributed by atoms with van der Waals surface area (Å²) in [5, 5.41) is 2.42. The first-order valence-electron chi connectivity index (χ1n) is 11.0. The molecule has 2 heterocycles. The van der Waals surface area contributed by atoms with Gasteiger partial charge in [-0.1, -0.05) is 72.8 Å². The lowest BCUT2D eigenvalue weighted by Gasteiger charge is -2.11. The van der Waals surface area contributed by atoms with Crippen molar-refractivity contribution in [1.29, 1.82) is 0 Å². The SMILES string of the molecule is O=S(=O)(c1ccccc1)c1cccc(-c2cccc(-n3c4ccccc4c4ccccc43)c2)n1. The predicted molar refractivity (Wildman–Crippen MR) is 136 cm³/mol. The van der Waals surface area contributed by atoms with Gasteiger partial charge in [0.05, 0.1) is 21.6 Å². The van der Waals surface area contributed by atoms with Gasteiger partial charge in [0, 0.05) is 22.0 Å². The molecule has 5 heteroatoms. The van der Waals surface area contributed by atoms with E-state index in [-0.39, 0.29) is 9.92 Å². The van der Waals surface area contributed by atoms with Gasteiger partial charge in [-0.05, 0) is 48.5 Å². The minimum Gasteiger partial charge on any atom is -0.309 e. The summed E-state index contributed by atoms with van der Waals surface area (Å²) in [5.74, 6) is 0. The van der Waals surface area contributed by atoms with Crippen molar-refractivity contribution in [3.63, 3.8) is 0 Å². The van der Waals surface area contributed by atoms with Gasteiger partial charge in [0.2, 0.25) is 9.84 Å². The van der Waals surface area contributed by atoms with E-state index in [2.05, 4.69) is 58.1 Å². The third-order valence-electron chi connectivity index (χ3n) is 6.03. The van der Waals surface area contributed by atoms with E-state index in [1.807, 2.05) is 30.3 Å². The van der Waals surface area contributed by atoms with Gasteiger partial charge in [-0.3, -0.25) is 0 Å². The summed E-state index contributed by atoms with van der Waals surface area (Å²) >= 11 is 0. The summed E-state index contributed by atoms with van der Waals surface area (Å²) < 4.78 is 28.4. The van der Waals surface area contributed by atoms with E-state index >= 15 is 0 Å². The fourth-order valence-corrected chi connectivity index (χ4v) is 5.68. The van der Waals surface area contributed by atoms with Crippen molar-refractivity contribution in [2.75, 3.05) is 0 Å².